The van der Waals surface area contributed by atoms with Gasteiger partial charge in [0.1, 0.15) is 47.1 Å². The highest BCUT2D eigenvalue weighted by molar-refractivity contribution is 5.92. The van der Waals surface area contributed by atoms with Crippen LogP contribution >= 0.6 is 0 Å². The number of aromatic nitrogens is 6. The molecular weight excluding hydrogens is 552 g/mol. The number of nitrogens with zero attached hydrogens (tertiary/aromatic N) is 6. The number of hydrogen-bond acceptors (Lipinski definition) is 8. The lowest BCUT2D eigenvalue weighted by Gasteiger charge is -2.31. The molecule has 0 aliphatic heterocycles. The number of hydrogen-bond donors (Lipinski definition) is 1. The Morgan fingerprint density at radius 3 is 2.58 bits per heavy atom. The molecule has 0 atom stereocenters. The van der Waals surface area contributed by atoms with Crippen molar-refractivity contribution in [2.24, 2.45) is 5.41 Å². The number of nitrogens with one attached hydrogen (secondary N) is 1. The Balaban J connectivity index is 1.42. The number of aryl methyl sites for hydroxylation is 1. The van der Waals surface area contributed by atoms with Crippen molar-refractivity contribution in [2.75, 3.05) is 25.6 Å². The topological polar surface area (TPSA) is 99.9 Å². The molecule has 0 amide bonds. The molecule has 3 aromatic heterocycles. The highest BCUT2D eigenvalue weighted by atomic mass is 19.1. The molecule has 0 fully saturated rings. The number of methoxy groups -OCH3 is 1. The summed E-state index contributed by atoms with van der Waals surface area (Å²) in [6.45, 7) is 6.68. The van der Waals surface area contributed by atoms with E-state index >= 15 is 8.78 Å². The van der Waals surface area contributed by atoms with Crippen LogP contribution in [0, 0.1) is 24.0 Å². The third-order valence-electron chi connectivity index (χ3n) is 7.66. The molecule has 222 valence electrons. The zero-order chi connectivity index (χ0) is 30.1. The summed E-state index contributed by atoms with van der Waals surface area (Å²) < 4.78 is 42.2. The summed E-state index contributed by atoms with van der Waals surface area (Å²) in [5, 5.41) is 8.99. The predicted octanol–water partition coefficient (Wildman–Crippen LogP) is 6.20. The first-order valence-electron chi connectivity index (χ1n) is 14.2. The van der Waals surface area contributed by atoms with Crippen molar-refractivity contribution >= 4 is 22.5 Å². The van der Waals surface area contributed by atoms with E-state index in [4.69, 9.17) is 24.5 Å². The van der Waals surface area contributed by atoms with E-state index in [1.807, 2.05) is 31.2 Å². The minimum absolute atomic E-state index is 0.0807. The van der Waals surface area contributed by atoms with Gasteiger partial charge in [-0.1, -0.05) is 32.0 Å². The van der Waals surface area contributed by atoms with Crippen molar-refractivity contribution in [2.45, 2.75) is 46.6 Å². The molecule has 6 rings (SSSR count). The minimum Gasteiger partial charge on any atom is -0.491 e. The third-order valence-corrected chi connectivity index (χ3v) is 7.66. The SMILES string of the molecule is COCCOc1cc(F)c(Cn2nc(-c3nc4c(c(Nc5ccnc(C)n5)n3)CCC(C)(C)C4)c3ccccc32)c(F)c1. The Morgan fingerprint density at radius 1 is 1.02 bits per heavy atom. The van der Waals surface area contributed by atoms with Crippen molar-refractivity contribution in [3.8, 4) is 17.3 Å². The van der Waals surface area contributed by atoms with Crippen LogP contribution in [0.5, 0.6) is 5.75 Å². The summed E-state index contributed by atoms with van der Waals surface area (Å²) in [6.07, 6.45) is 4.32. The summed E-state index contributed by atoms with van der Waals surface area (Å²) in [6, 6.07) is 11.7. The van der Waals surface area contributed by atoms with Crippen LogP contribution in [0.3, 0.4) is 0 Å². The quantitative estimate of drug-likeness (QED) is 0.204. The molecule has 11 heteroatoms. The third kappa shape index (κ3) is 6.03. The van der Waals surface area contributed by atoms with Gasteiger partial charge in [0.15, 0.2) is 5.82 Å². The molecule has 0 saturated heterocycles. The smallest absolute Gasteiger partial charge is 0.182 e. The number of ether oxygens (including phenoxy) is 2. The molecule has 3 heterocycles. The van der Waals surface area contributed by atoms with Gasteiger partial charge in [0, 0.05) is 42.0 Å². The van der Waals surface area contributed by atoms with Gasteiger partial charge in [-0.2, -0.15) is 5.10 Å². The second-order valence-corrected chi connectivity index (χ2v) is 11.5. The van der Waals surface area contributed by atoms with Gasteiger partial charge in [0.2, 0.25) is 0 Å². The van der Waals surface area contributed by atoms with Gasteiger partial charge in [-0.05, 0) is 43.7 Å². The Kier molecular flexibility index (Phi) is 7.74. The number of anilines is 2. The fourth-order valence-electron chi connectivity index (χ4n) is 5.42. The van der Waals surface area contributed by atoms with Gasteiger partial charge >= 0.3 is 0 Å². The largest absolute Gasteiger partial charge is 0.491 e. The maximum Gasteiger partial charge on any atom is 0.182 e. The summed E-state index contributed by atoms with van der Waals surface area (Å²) in [5.41, 5.74) is 3.21. The fraction of sp³-hybridized carbons (Fsp3) is 0.344. The number of halogens is 2. The Morgan fingerprint density at radius 2 is 1.81 bits per heavy atom. The maximum atomic E-state index is 15.1. The van der Waals surface area contributed by atoms with Gasteiger partial charge in [-0.15, -0.1) is 0 Å². The molecule has 0 saturated carbocycles. The summed E-state index contributed by atoms with van der Waals surface area (Å²) in [5.74, 6) is 1.06. The van der Waals surface area contributed by atoms with E-state index < -0.39 is 11.6 Å². The van der Waals surface area contributed by atoms with Gasteiger partial charge < -0.3 is 14.8 Å². The number of benzene rings is 2. The molecule has 5 aromatic rings. The van der Waals surface area contributed by atoms with Gasteiger partial charge in [-0.3, -0.25) is 4.68 Å². The van der Waals surface area contributed by atoms with Gasteiger partial charge in [-0.25, -0.2) is 28.7 Å². The second kappa shape index (κ2) is 11.6. The highest BCUT2D eigenvalue weighted by Crippen LogP contribution is 2.38. The van der Waals surface area contributed by atoms with Crippen molar-refractivity contribution in [1.82, 2.24) is 29.7 Å². The number of fused-ring (bicyclic) bond motifs is 2. The lowest BCUT2D eigenvalue weighted by Crippen LogP contribution is -2.25. The summed E-state index contributed by atoms with van der Waals surface area (Å²) in [4.78, 5) is 18.7. The first kappa shape index (κ1) is 28.6. The zero-order valence-electron chi connectivity index (χ0n) is 24.6. The molecule has 0 radical (unpaired) electrons. The standard InChI is InChI=1S/C32H33F2N7O2/c1-19-35-12-10-28(36-19)38-30-21-9-11-32(2,3)17-26(21)37-31(39-30)29-22-7-5-6-8-27(22)41(40-29)18-23-24(33)15-20(16-25(23)34)43-14-13-42-4/h5-8,10,12,15-16H,9,11,13-14,17-18H2,1-4H3,(H,35,36,37,38,39). The minimum atomic E-state index is -0.715. The van der Waals surface area contributed by atoms with Crippen LogP contribution < -0.4 is 10.1 Å². The van der Waals surface area contributed by atoms with Crippen LogP contribution in [0.1, 0.15) is 42.9 Å². The molecule has 0 spiro atoms. The molecule has 1 N–H and O–H groups in total. The molecule has 9 nitrogen and oxygen atoms in total. The monoisotopic (exact) mass is 585 g/mol. The molecule has 1 aliphatic carbocycles. The molecular formula is C32H33F2N7O2. The Hall–Kier alpha value is -4.51. The van der Waals surface area contributed by atoms with E-state index in [2.05, 4.69) is 29.1 Å². The zero-order valence-corrected chi connectivity index (χ0v) is 24.6. The highest BCUT2D eigenvalue weighted by Gasteiger charge is 2.30. The lowest BCUT2D eigenvalue weighted by molar-refractivity contribution is 0.146. The van der Waals surface area contributed by atoms with E-state index in [-0.39, 0.29) is 29.9 Å². The first-order chi connectivity index (χ1) is 20.7. The predicted molar refractivity (Wildman–Crippen MR) is 159 cm³/mol. The van der Waals surface area contributed by atoms with E-state index in [9.17, 15) is 0 Å². The van der Waals surface area contributed by atoms with Crippen molar-refractivity contribution in [3.05, 3.63) is 82.9 Å². The van der Waals surface area contributed by atoms with Crippen molar-refractivity contribution in [1.29, 1.82) is 0 Å². The van der Waals surface area contributed by atoms with Gasteiger partial charge in [0.25, 0.3) is 0 Å². The molecule has 1 aliphatic rings. The Bertz CT molecular complexity index is 1780. The molecule has 0 unspecified atom stereocenters. The molecule has 43 heavy (non-hydrogen) atoms. The lowest BCUT2D eigenvalue weighted by atomic mass is 9.76. The fourth-order valence-corrected chi connectivity index (χ4v) is 5.42. The summed E-state index contributed by atoms with van der Waals surface area (Å²) in [7, 11) is 1.53. The van der Waals surface area contributed by atoms with Gasteiger partial charge in [0.05, 0.1) is 24.4 Å². The van der Waals surface area contributed by atoms with Crippen molar-refractivity contribution < 1.29 is 18.3 Å². The Labute approximate surface area is 248 Å². The number of rotatable bonds is 9. The van der Waals surface area contributed by atoms with Crippen LogP contribution in [-0.2, 0) is 24.1 Å². The molecule has 2 aromatic carbocycles. The average molecular weight is 586 g/mol. The second-order valence-electron chi connectivity index (χ2n) is 11.5. The van der Waals surface area contributed by atoms with Crippen LogP contribution in [0.25, 0.3) is 22.4 Å². The van der Waals surface area contributed by atoms with E-state index in [0.29, 0.717) is 41.1 Å². The normalized spacial score (nSPS) is 14.1. The van der Waals surface area contributed by atoms with Crippen LogP contribution in [0.2, 0.25) is 0 Å². The van der Waals surface area contributed by atoms with Crippen molar-refractivity contribution in [3.63, 3.8) is 0 Å². The van der Waals surface area contributed by atoms with E-state index in [1.54, 1.807) is 16.9 Å². The summed E-state index contributed by atoms with van der Waals surface area (Å²) >= 11 is 0. The van der Waals surface area contributed by atoms with Crippen LogP contribution in [0.4, 0.5) is 20.4 Å². The van der Waals surface area contributed by atoms with E-state index in [0.717, 1.165) is 35.9 Å². The average Bonchev–Trinajstić information content (AvgIpc) is 3.33. The molecule has 0 bridgehead atoms. The van der Waals surface area contributed by atoms with Crippen LogP contribution in [-0.4, -0.2) is 50.0 Å². The van der Waals surface area contributed by atoms with E-state index in [1.165, 1.54) is 19.2 Å². The van der Waals surface area contributed by atoms with Crippen LogP contribution in [0.15, 0.2) is 48.7 Å². The maximum absolute atomic E-state index is 15.1. The number of para-hydroxylation sites is 1. The first-order valence-corrected chi connectivity index (χ1v) is 14.2.